The number of aryl methyl sites for hydroxylation is 1. The summed E-state index contributed by atoms with van der Waals surface area (Å²) in [5, 5.41) is 5.40. The van der Waals surface area contributed by atoms with Gasteiger partial charge in [-0.15, -0.1) is 0 Å². The third-order valence-corrected chi connectivity index (χ3v) is 4.10. The van der Waals surface area contributed by atoms with Gasteiger partial charge in [0, 0.05) is 27.7 Å². The molecule has 2 rings (SSSR count). The Labute approximate surface area is 163 Å². The molecule has 0 bridgehead atoms. The largest absolute Gasteiger partial charge is 0.405 e. The number of nitrogens with one attached hydrogen (secondary N) is 2. The number of alkyl halides is 3. The van der Waals surface area contributed by atoms with Gasteiger partial charge in [0.15, 0.2) is 0 Å². The molecule has 4 nitrogen and oxygen atoms in total. The summed E-state index contributed by atoms with van der Waals surface area (Å²) in [6.07, 6.45) is -3.88. The molecule has 0 spiro atoms. The monoisotopic (exact) mass is 418 g/mol. The fourth-order valence-electron chi connectivity index (χ4n) is 2.18. The zero-order chi connectivity index (χ0) is 20.0. The molecule has 0 aliphatic carbocycles. The summed E-state index contributed by atoms with van der Waals surface area (Å²) >= 11 is 11.9. The standard InChI is InChI=1S/C18H15Cl2F3N2O2/c19-13-5-1-11(15(20)9-13)4-8-16(26)25-14-6-2-12(3-7-14)17(27)24-10-18(21,22)23/h1-3,5-7,9H,4,8,10H2,(H,24,27)(H,25,26). The summed E-state index contributed by atoms with van der Waals surface area (Å²) in [7, 11) is 0. The highest BCUT2D eigenvalue weighted by molar-refractivity contribution is 6.35. The summed E-state index contributed by atoms with van der Waals surface area (Å²) in [4.78, 5) is 23.6. The molecule has 27 heavy (non-hydrogen) atoms. The Morgan fingerprint density at radius 3 is 2.26 bits per heavy atom. The highest BCUT2D eigenvalue weighted by Gasteiger charge is 2.27. The lowest BCUT2D eigenvalue weighted by atomic mass is 10.1. The number of halogens is 5. The molecule has 0 unspecified atom stereocenters. The second-order valence-electron chi connectivity index (χ2n) is 5.66. The van der Waals surface area contributed by atoms with Crippen LogP contribution in [-0.2, 0) is 11.2 Å². The van der Waals surface area contributed by atoms with E-state index in [1.807, 2.05) is 0 Å². The molecule has 2 aromatic rings. The van der Waals surface area contributed by atoms with E-state index in [4.69, 9.17) is 23.2 Å². The van der Waals surface area contributed by atoms with E-state index in [1.54, 1.807) is 23.5 Å². The van der Waals surface area contributed by atoms with E-state index in [0.717, 1.165) is 5.56 Å². The maximum Gasteiger partial charge on any atom is 0.405 e. The lowest BCUT2D eigenvalue weighted by Crippen LogP contribution is -2.33. The normalized spacial score (nSPS) is 11.1. The van der Waals surface area contributed by atoms with Gasteiger partial charge in [0.05, 0.1) is 0 Å². The molecule has 0 heterocycles. The van der Waals surface area contributed by atoms with Crippen molar-refractivity contribution in [3.63, 3.8) is 0 Å². The first-order valence-electron chi connectivity index (χ1n) is 7.83. The van der Waals surface area contributed by atoms with E-state index < -0.39 is 18.6 Å². The maximum atomic E-state index is 12.1. The molecule has 0 atom stereocenters. The third-order valence-electron chi connectivity index (χ3n) is 3.52. The van der Waals surface area contributed by atoms with Crippen LogP contribution in [0.3, 0.4) is 0 Å². The van der Waals surface area contributed by atoms with Crippen LogP contribution < -0.4 is 10.6 Å². The van der Waals surface area contributed by atoms with Crippen molar-refractivity contribution in [2.45, 2.75) is 19.0 Å². The number of rotatable bonds is 6. The second kappa shape index (κ2) is 9.10. The number of anilines is 1. The maximum absolute atomic E-state index is 12.1. The molecule has 2 amide bonds. The average Bonchev–Trinajstić information content (AvgIpc) is 2.59. The SMILES string of the molecule is O=C(CCc1ccc(Cl)cc1Cl)Nc1ccc(C(=O)NCC(F)(F)F)cc1. The van der Waals surface area contributed by atoms with Gasteiger partial charge in [0.1, 0.15) is 6.54 Å². The third kappa shape index (κ3) is 7.11. The fraction of sp³-hybridized carbons (Fsp3) is 0.222. The first-order chi connectivity index (χ1) is 12.6. The number of amides is 2. The summed E-state index contributed by atoms with van der Waals surface area (Å²) < 4.78 is 36.3. The highest BCUT2D eigenvalue weighted by atomic mass is 35.5. The minimum atomic E-state index is -4.48. The zero-order valence-corrected chi connectivity index (χ0v) is 15.4. The minimum Gasteiger partial charge on any atom is -0.343 e. The van der Waals surface area contributed by atoms with Gasteiger partial charge in [-0.3, -0.25) is 9.59 Å². The van der Waals surface area contributed by atoms with Crippen LogP contribution in [0.2, 0.25) is 10.0 Å². The molecular formula is C18H15Cl2F3N2O2. The van der Waals surface area contributed by atoms with Gasteiger partial charge >= 0.3 is 6.18 Å². The van der Waals surface area contributed by atoms with Crippen LogP contribution >= 0.6 is 23.2 Å². The number of hydrogen-bond acceptors (Lipinski definition) is 2. The summed E-state index contributed by atoms with van der Waals surface area (Å²) in [6.45, 7) is -1.41. The van der Waals surface area contributed by atoms with Gasteiger partial charge in [0.25, 0.3) is 5.91 Å². The van der Waals surface area contributed by atoms with Gasteiger partial charge in [-0.2, -0.15) is 13.2 Å². The summed E-state index contributed by atoms with van der Waals surface area (Å²) in [5.74, 6) is -1.11. The van der Waals surface area contributed by atoms with Crippen molar-refractivity contribution in [3.05, 3.63) is 63.6 Å². The predicted octanol–water partition coefficient (Wildman–Crippen LogP) is 4.86. The topological polar surface area (TPSA) is 58.2 Å². The molecular weight excluding hydrogens is 404 g/mol. The van der Waals surface area contributed by atoms with Crippen LogP contribution in [0.5, 0.6) is 0 Å². The van der Waals surface area contributed by atoms with E-state index in [9.17, 15) is 22.8 Å². The van der Waals surface area contributed by atoms with Crippen molar-refractivity contribution in [1.29, 1.82) is 0 Å². The van der Waals surface area contributed by atoms with Gasteiger partial charge in [-0.1, -0.05) is 29.3 Å². The van der Waals surface area contributed by atoms with Crippen molar-refractivity contribution < 1.29 is 22.8 Å². The lowest BCUT2D eigenvalue weighted by Gasteiger charge is -2.09. The fourth-order valence-corrected chi connectivity index (χ4v) is 2.69. The molecule has 0 aromatic heterocycles. The van der Waals surface area contributed by atoms with Crippen LogP contribution in [0.25, 0.3) is 0 Å². The number of carbonyl (C=O) groups excluding carboxylic acids is 2. The Kier molecular flexibility index (Phi) is 7.10. The smallest absolute Gasteiger partial charge is 0.343 e. The molecule has 0 fully saturated rings. The highest BCUT2D eigenvalue weighted by Crippen LogP contribution is 2.22. The zero-order valence-electron chi connectivity index (χ0n) is 13.9. The average molecular weight is 419 g/mol. The Bertz CT molecular complexity index is 824. The van der Waals surface area contributed by atoms with Crippen LogP contribution in [0, 0.1) is 0 Å². The molecule has 2 N–H and O–H groups in total. The summed E-state index contributed by atoms with van der Waals surface area (Å²) in [5.41, 5.74) is 1.27. The molecule has 0 aliphatic heterocycles. The molecule has 9 heteroatoms. The summed E-state index contributed by atoms with van der Waals surface area (Å²) in [6, 6.07) is 10.6. The van der Waals surface area contributed by atoms with E-state index in [1.165, 1.54) is 24.3 Å². The van der Waals surface area contributed by atoms with E-state index in [-0.39, 0.29) is 17.9 Å². The molecule has 0 aliphatic rings. The van der Waals surface area contributed by atoms with Crippen molar-refractivity contribution in [2.75, 3.05) is 11.9 Å². The minimum absolute atomic E-state index is 0.0604. The molecule has 144 valence electrons. The number of carbonyl (C=O) groups is 2. The first-order valence-corrected chi connectivity index (χ1v) is 8.58. The van der Waals surface area contributed by atoms with Crippen LogP contribution in [-0.4, -0.2) is 24.5 Å². The molecule has 2 aromatic carbocycles. The van der Waals surface area contributed by atoms with Crippen molar-refractivity contribution >= 4 is 40.7 Å². The number of benzene rings is 2. The quantitative estimate of drug-likeness (QED) is 0.703. The Morgan fingerprint density at radius 1 is 1.00 bits per heavy atom. The predicted molar refractivity (Wildman–Crippen MR) is 98.2 cm³/mol. The molecule has 0 radical (unpaired) electrons. The van der Waals surface area contributed by atoms with E-state index in [2.05, 4.69) is 5.32 Å². The van der Waals surface area contributed by atoms with Gasteiger partial charge in [-0.05, 0) is 48.4 Å². The molecule has 0 saturated carbocycles. The van der Waals surface area contributed by atoms with Crippen LogP contribution in [0.1, 0.15) is 22.3 Å². The number of hydrogen-bond donors (Lipinski definition) is 2. The Hall–Kier alpha value is -2.25. The lowest BCUT2D eigenvalue weighted by molar-refractivity contribution is -0.123. The van der Waals surface area contributed by atoms with Gasteiger partial charge in [-0.25, -0.2) is 0 Å². The Morgan fingerprint density at radius 2 is 1.67 bits per heavy atom. The van der Waals surface area contributed by atoms with Crippen molar-refractivity contribution in [3.8, 4) is 0 Å². The Balaban J connectivity index is 1.86. The van der Waals surface area contributed by atoms with Crippen molar-refractivity contribution in [2.24, 2.45) is 0 Å². The second-order valence-corrected chi connectivity index (χ2v) is 6.50. The van der Waals surface area contributed by atoms with E-state index >= 15 is 0 Å². The van der Waals surface area contributed by atoms with Gasteiger partial charge < -0.3 is 10.6 Å². The van der Waals surface area contributed by atoms with Crippen LogP contribution in [0.4, 0.5) is 18.9 Å². The van der Waals surface area contributed by atoms with Gasteiger partial charge in [0.2, 0.25) is 5.91 Å². The van der Waals surface area contributed by atoms with E-state index in [0.29, 0.717) is 22.2 Å². The molecule has 0 saturated heterocycles. The van der Waals surface area contributed by atoms with Crippen molar-refractivity contribution in [1.82, 2.24) is 5.32 Å². The van der Waals surface area contributed by atoms with Crippen LogP contribution in [0.15, 0.2) is 42.5 Å². The first kappa shape index (κ1) is 21.1.